The number of ether oxygens (including phenoxy) is 2. The highest BCUT2D eigenvalue weighted by Crippen LogP contribution is 2.17. The Hall–Kier alpha value is -3.15. The van der Waals surface area contributed by atoms with Gasteiger partial charge in [0.15, 0.2) is 5.71 Å². The second kappa shape index (κ2) is 8.47. The van der Waals surface area contributed by atoms with Crippen LogP contribution >= 0.6 is 0 Å². The van der Waals surface area contributed by atoms with E-state index in [1.165, 1.54) is 14.2 Å². The monoisotopic (exact) mass is 327 g/mol. The number of nitrogens with zero attached hydrogens (tertiary/aromatic N) is 1. The van der Waals surface area contributed by atoms with Gasteiger partial charge in [0.25, 0.3) is 0 Å². The Morgan fingerprint density at radius 1 is 1.12 bits per heavy atom. The molecule has 0 aromatic heterocycles. The first-order valence-electron chi connectivity index (χ1n) is 7.15. The molecule has 124 valence electrons. The topological polar surface area (TPSA) is 74.2 Å². The standard InChI is InChI=1S/C18H17NO5/c1-22-18(21)17(19-23-2)16-9-4-3-7-14(16)12-24-15-8-5-6-13(10-15)11-20/h3-11H,12H2,1-2H3. The summed E-state index contributed by atoms with van der Waals surface area (Å²) in [6.07, 6.45) is 0.751. The summed E-state index contributed by atoms with van der Waals surface area (Å²) in [6, 6.07) is 14.0. The molecule has 2 aromatic rings. The normalized spacial score (nSPS) is 10.8. The molecule has 0 atom stereocenters. The molecule has 2 rings (SSSR count). The van der Waals surface area contributed by atoms with E-state index in [1.54, 1.807) is 36.4 Å². The van der Waals surface area contributed by atoms with Gasteiger partial charge in [-0.25, -0.2) is 4.79 Å². The van der Waals surface area contributed by atoms with Gasteiger partial charge in [0.1, 0.15) is 25.8 Å². The molecular weight excluding hydrogens is 310 g/mol. The third-order valence-electron chi connectivity index (χ3n) is 3.22. The predicted octanol–water partition coefficient (Wildman–Crippen LogP) is 2.60. The zero-order valence-electron chi connectivity index (χ0n) is 13.4. The van der Waals surface area contributed by atoms with Crippen LogP contribution in [0.1, 0.15) is 21.5 Å². The van der Waals surface area contributed by atoms with Crippen LogP contribution in [-0.2, 0) is 21.0 Å². The van der Waals surface area contributed by atoms with Crippen molar-refractivity contribution in [1.29, 1.82) is 0 Å². The smallest absolute Gasteiger partial charge is 0.360 e. The first-order valence-corrected chi connectivity index (χ1v) is 7.15. The second-order valence-corrected chi connectivity index (χ2v) is 4.75. The molecule has 0 fully saturated rings. The molecule has 0 radical (unpaired) electrons. The second-order valence-electron chi connectivity index (χ2n) is 4.75. The molecule has 0 bridgehead atoms. The van der Waals surface area contributed by atoms with Crippen LogP contribution in [0.3, 0.4) is 0 Å². The van der Waals surface area contributed by atoms with Crippen molar-refractivity contribution >= 4 is 18.0 Å². The van der Waals surface area contributed by atoms with Crippen molar-refractivity contribution in [3.05, 3.63) is 65.2 Å². The maximum Gasteiger partial charge on any atom is 0.360 e. The van der Waals surface area contributed by atoms with Crippen molar-refractivity contribution in [2.24, 2.45) is 5.16 Å². The first-order chi connectivity index (χ1) is 11.7. The fraction of sp³-hybridized carbons (Fsp3) is 0.167. The maximum atomic E-state index is 11.9. The van der Waals surface area contributed by atoms with Gasteiger partial charge in [0.05, 0.1) is 7.11 Å². The van der Waals surface area contributed by atoms with Crippen LogP contribution in [0.25, 0.3) is 0 Å². The molecule has 24 heavy (non-hydrogen) atoms. The minimum atomic E-state index is -0.604. The molecule has 0 heterocycles. The van der Waals surface area contributed by atoms with Crippen LogP contribution in [0.2, 0.25) is 0 Å². The van der Waals surface area contributed by atoms with Gasteiger partial charge in [-0.1, -0.05) is 41.6 Å². The van der Waals surface area contributed by atoms with Gasteiger partial charge in [-0.05, 0) is 17.7 Å². The summed E-state index contributed by atoms with van der Waals surface area (Å²) in [5.41, 5.74) is 1.87. The molecule has 0 unspecified atom stereocenters. The van der Waals surface area contributed by atoms with Gasteiger partial charge < -0.3 is 14.3 Å². The summed E-state index contributed by atoms with van der Waals surface area (Å²) in [6.45, 7) is 0.193. The number of hydrogen-bond donors (Lipinski definition) is 0. The van der Waals surface area contributed by atoms with Crippen molar-refractivity contribution in [2.75, 3.05) is 14.2 Å². The van der Waals surface area contributed by atoms with Gasteiger partial charge in [-0.2, -0.15) is 0 Å². The minimum Gasteiger partial charge on any atom is -0.489 e. The number of esters is 1. The molecular formula is C18H17NO5. The summed E-state index contributed by atoms with van der Waals surface area (Å²) in [5, 5.41) is 3.75. The van der Waals surface area contributed by atoms with Crippen molar-refractivity contribution in [3.8, 4) is 5.75 Å². The largest absolute Gasteiger partial charge is 0.489 e. The molecule has 0 aliphatic carbocycles. The lowest BCUT2D eigenvalue weighted by molar-refractivity contribution is -0.132. The van der Waals surface area contributed by atoms with E-state index in [4.69, 9.17) is 14.3 Å². The molecule has 6 nitrogen and oxygen atoms in total. The minimum absolute atomic E-state index is 0.0563. The van der Waals surface area contributed by atoms with E-state index in [0.29, 0.717) is 16.9 Å². The van der Waals surface area contributed by atoms with E-state index in [-0.39, 0.29) is 12.3 Å². The average molecular weight is 327 g/mol. The summed E-state index contributed by atoms with van der Waals surface area (Å²) in [5.74, 6) is -0.0510. The van der Waals surface area contributed by atoms with Gasteiger partial charge >= 0.3 is 5.97 Å². The molecule has 0 aliphatic rings. The van der Waals surface area contributed by atoms with Gasteiger partial charge in [-0.3, -0.25) is 4.79 Å². The van der Waals surface area contributed by atoms with Crippen molar-refractivity contribution < 1.29 is 23.9 Å². The number of methoxy groups -OCH3 is 1. The Bertz CT molecular complexity index is 755. The van der Waals surface area contributed by atoms with E-state index < -0.39 is 5.97 Å². The summed E-state index contributed by atoms with van der Waals surface area (Å²) in [4.78, 5) is 27.5. The van der Waals surface area contributed by atoms with Gasteiger partial charge in [0, 0.05) is 11.1 Å². The SMILES string of the molecule is CON=C(C(=O)OC)c1ccccc1COc1cccc(C=O)c1. The van der Waals surface area contributed by atoms with Crippen LogP contribution in [0, 0.1) is 0 Å². The lowest BCUT2D eigenvalue weighted by atomic mass is 10.0. The Kier molecular flexibility index (Phi) is 6.08. The van der Waals surface area contributed by atoms with Crippen LogP contribution in [0.4, 0.5) is 0 Å². The third-order valence-corrected chi connectivity index (χ3v) is 3.22. The molecule has 0 amide bonds. The molecule has 0 N–H and O–H groups in total. The molecule has 2 aromatic carbocycles. The molecule has 6 heteroatoms. The number of aldehydes is 1. The summed E-state index contributed by atoms with van der Waals surface area (Å²) in [7, 11) is 2.63. The molecule has 0 saturated heterocycles. The van der Waals surface area contributed by atoms with Gasteiger partial charge in [-0.15, -0.1) is 0 Å². The number of oxime groups is 1. The highest BCUT2D eigenvalue weighted by molar-refractivity contribution is 6.43. The Labute approximate surface area is 139 Å². The third kappa shape index (κ3) is 4.19. The van der Waals surface area contributed by atoms with Crippen LogP contribution < -0.4 is 4.74 Å². The predicted molar refractivity (Wildman–Crippen MR) is 88.2 cm³/mol. The lowest BCUT2D eigenvalue weighted by Gasteiger charge is -2.12. The van der Waals surface area contributed by atoms with Crippen LogP contribution in [-0.4, -0.2) is 32.2 Å². The number of carbonyl (C=O) groups excluding carboxylic acids is 2. The number of hydrogen-bond acceptors (Lipinski definition) is 6. The Morgan fingerprint density at radius 2 is 1.92 bits per heavy atom. The lowest BCUT2D eigenvalue weighted by Crippen LogP contribution is -2.19. The zero-order valence-corrected chi connectivity index (χ0v) is 13.4. The Morgan fingerprint density at radius 3 is 2.62 bits per heavy atom. The molecule has 0 aliphatic heterocycles. The number of benzene rings is 2. The maximum absolute atomic E-state index is 11.9. The average Bonchev–Trinajstić information content (AvgIpc) is 2.64. The Balaban J connectivity index is 2.26. The molecule has 0 saturated carbocycles. The van der Waals surface area contributed by atoms with Crippen molar-refractivity contribution in [1.82, 2.24) is 0 Å². The summed E-state index contributed by atoms with van der Waals surface area (Å²) < 4.78 is 10.4. The zero-order chi connectivity index (χ0) is 17.4. The number of carbonyl (C=O) groups is 2. The highest BCUT2D eigenvalue weighted by atomic mass is 16.6. The van der Waals surface area contributed by atoms with Gasteiger partial charge in [0.2, 0.25) is 0 Å². The van der Waals surface area contributed by atoms with E-state index in [0.717, 1.165) is 11.8 Å². The number of rotatable bonds is 7. The van der Waals surface area contributed by atoms with E-state index >= 15 is 0 Å². The fourth-order valence-electron chi connectivity index (χ4n) is 2.10. The van der Waals surface area contributed by atoms with Crippen LogP contribution in [0.15, 0.2) is 53.7 Å². The highest BCUT2D eigenvalue weighted by Gasteiger charge is 2.19. The van der Waals surface area contributed by atoms with Crippen molar-refractivity contribution in [3.63, 3.8) is 0 Å². The van der Waals surface area contributed by atoms with E-state index in [1.807, 2.05) is 12.1 Å². The first kappa shape index (κ1) is 17.2. The van der Waals surface area contributed by atoms with E-state index in [9.17, 15) is 9.59 Å². The fourth-order valence-corrected chi connectivity index (χ4v) is 2.10. The molecule has 0 spiro atoms. The van der Waals surface area contributed by atoms with Crippen LogP contribution in [0.5, 0.6) is 5.75 Å². The summed E-state index contributed by atoms with van der Waals surface area (Å²) >= 11 is 0. The van der Waals surface area contributed by atoms with E-state index in [2.05, 4.69) is 5.16 Å². The quantitative estimate of drug-likeness (QED) is 0.338. The van der Waals surface area contributed by atoms with Crippen molar-refractivity contribution in [2.45, 2.75) is 6.61 Å².